The molecule has 0 bridgehead atoms. The van der Waals surface area contributed by atoms with Crippen molar-refractivity contribution < 1.29 is 0 Å². The molecule has 0 aliphatic carbocycles. The van der Waals surface area contributed by atoms with Crippen LogP contribution in [0.4, 0.5) is 11.4 Å². The van der Waals surface area contributed by atoms with Gasteiger partial charge in [-0.25, -0.2) is 0 Å². The number of nitrogens with zero attached hydrogens (tertiary/aromatic N) is 5. The van der Waals surface area contributed by atoms with Crippen LogP contribution in [0.15, 0.2) is 60.9 Å². The van der Waals surface area contributed by atoms with Gasteiger partial charge in [0.1, 0.15) is 0 Å². The van der Waals surface area contributed by atoms with E-state index in [2.05, 4.69) is 108 Å². The zero-order valence-corrected chi connectivity index (χ0v) is 37.6. The zero-order chi connectivity index (χ0) is 39.7. The maximum atomic E-state index is 6.53. The first-order valence-corrected chi connectivity index (χ1v) is 21.9. The Bertz CT molecular complexity index is 2310. The molecule has 2 aromatic carbocycles. The van der Waals surface area contributed by atoms with Crippen LogP contribution in [0.1, 0.15) is 65.8 Å². The first kappa shape index (κ1) is 41.7. The first-order valence-electron chi connectivity index (χ1n) is 19.2. The van der Waals surface area contributed by atoms with Crippen LogP contribution in [-0.4, -0.2) is 43.1 Å². The summed E-state index contributed by atoms with van der Waals surface area (Å²) in [7, 11) is 0. The van der Waals surface area contributed by atoms with Crippen molar-refractivity contribution in [1.29, 1.82) is 0 Å². The predicted molar refractivity (Wildman–Crippen MR) is 242 cm³/mol. The van der Waals surface area contributed by atoms with Gasteiger partial charge < -0.3 is 19.4 Å². The van der Waals surface area contributed by atoms with Gasteiger partial charge in [-0.05, 0) is 74.9 Å². The van der Waals surface area contributed by atoms with E-state index in [1.54, 1.807) is 12.1 Å². The molecule has 2 atom stereocenters. The van der Waals surface area contributed by atoms with Crippen LogP contribution in [0.3, 0.4) is 0 Å². The molecule has 0 spiro atoms. The van der Waals surface area contributed by atoms with Crippen LogP contribution in [0.2, 0.25) is 20.1 Å². The van der Waals surface area contributed by atoms with Gasteiger partial charge in [-0.15, -0.1) is 0 Å². The van der Waals surface area contributed by atoms with Gasteiger partial charge in [0.05, 0.1) is 43.5 Å². The molecule has 6 aromatic rings. The minimum Gasteiger partial charge on any atom is -0.379 e. The lowest BCUT2D eigenvalue weighted by atomic mass is 10.0. The van der Waals surface area contributed by atoms with Crippen LogP contribution in [0, 0.1) is 25.7 Å². The fraction of sp³-hybridized carbons (Fsp3) is 0.409. The molecular formula is C44H51BrCl4N6. The molecule has 11 heteroatoms. The van der Waals surface area contributed by atoms with Gasteiger partial charge in [0, 0.05) is 93.1 Å². The molecule has 55 heavy (non-hydrogen) atoms. The number of pyridine rings is 2. The summed E-state index contributed by atoms with van der Waals surface area (Å²) < 4.78 is 4.66. The van der Waals surface area contributed by atoms with Crippen molar-refractivity contribution in [3.05, 3.63) is 92.4 Å². The summed E-state index contributed by atoms with van der Waals surface area (Å²) in [5.74, 6) is 1.41. The van der Waals surface area contributed by atoms with Gasteiger partial charge in [-0.1, -0.05) is 116 Å². The van der Waals surface area contributed by atoms with Crippen molar-refractivity contribution in [1.82, 2.24) is 19.1 Å². The van der Waals surface area contributed by atoms with Gasteiger partial charge in [-0.3, -0.25) is 9.97 Å². The van der Waals surface area contributed by atoms with Crippen molar-refractivity contribution in [2.75, 3.05) is 22.1 Å². The molecule has 2 unspecified atom stereocenters. The Labute approximate surface area is 354 Å². The van der Waals surface area contributed by atoms with Crippen molar-refractivity contribution >= 4 is 95.8 Å². The molecule has 0 saturated heterocycles. The highest BCUT2D eigenvalue weighted by molar-refractivity contribution is 9.09. The van der Waals surface area contributed by atoms with Gasteiger partial charge in [0.25, 0.3) is 0 Å². The fourth-order valence-electron chi connectivity index (χ4n) is 7.50. The Morgan fingerprint density at radius 3 is 1.73 bits per heavy atom. The van der Waals surface area contributed by atoms with Crippen LogP contribution in [-0.2, 0) is 13.1 Å². The van der Waals surface area contributed by atoms with Crippen LogP contribution in [0.5, 0.6) is 0 Å². The van der Waals surface area contributed by atoms with Crippen molar-refractivity contribution in [2.24, 2.45) is 11.8 Å². The Morgan fingerprint density at radius 1 is 0.709 bits per heavy atom. The third-order valence-corrected chi connectivity index (χ3v) is 12.5. The molecule has 1 N–H and O–H groups in total. The number of hydrogen-bond donors (Lipinski definition) is 1. The number of benzene rings is 2. The normalized spacial score (nSPS) is 15.9. The summed E-state index contributed by atoms with van der Waals surface area (Å²) in [5, 5.41) is 7.35. The Balaban J connectivity index is 0.000000168. The fourth-order valence-corrected chi connectivity index (χ4v) is 8.52. The number of alkyl halides is 1. The summed E-state index contributed by atoms with van der Waals surface area (Å²) in [6.45, 7) is 20.5. The number of hydrogen-bond acceptors (Lipinski definition) is 4. The number of nitrogens with one attached hydrogen (secondary N) is 1. The van der Waals surface area contributed by atoms with Gasteiger partial charge >= 0.3 is 0 Å². The number of anilines is 2. The van der Waals surface area contributed by atoms with Gasteiger partial charge in [0.15, 0.2) is 0 Å². The molecule has 0 saturated carbocycles. The zero-order valence-electron chi connectivity index (χ0n) is 33.0. The molecule has 292 valence electrons. The Kier molecular flexibility index (Phi) is 13.4. The lowest BCUT2D eigenvalue weighted by Gasteiger charge is -2.39. The summed E-state index contributed by atoms with van der Waals surface area (Å²) in [4.78, 5) is 12.3. The molecule has 6 nitrogen and oxygen atoms in total. The standard InChI is InChI=1S/C22H25Cl2N3.C18H17Cl2N3.C4H9Br/c1-5-16-11-26-12-18(17-7-6-15(23)9-19(17)24)21-22(26)20(8-14(4)25-21)27(16)10-13(2)3;1-3-12-8-23-9-14(13-5-4-11(19)7-15(13)20)17-18(23)16(22-12)6-10(2)21-17;1-4(2)3-5/h6-9,12-13,16H,5,10-11H2,1-4H3;4-7,9,12,22H,3,8H2,1-2H3;4H,3H2,1-2H3. The van der Waals surface area contributed by atoms with Crippen molar-refractivity contribution in [2.45, 2.75) is 93.4 Å². The molecule has 2 aliphatic rings. The van der Waals surface area contributed by atoms with Crippen molar-refractivity contribution in [3.63, 3.8) is 0 Å². The maximum Gasteiger partial charge on any atom is 0.0984 e. The van der Waals surface area contributed by atoms with Gasteiger partial charge in [-0.2, -0.15) is 0 Å². The highest BCUT2D eigenvalue weighted by atomic mass is 79.9. The van der Waals surface area contributed by atoms with E-state index in [-0.39, 0.29) is 0 Å². The number of halogens is 5. The molecular weight excluding hydrogens is 834 g/mol. The van der Waals surface area contributed by atoms with E-state index in [4.69, 9.17) is 56.4 Å². The molecule has 2 aliphatic heterocycles. The second-order valence-electron chi connectivity index (χ2n) is 15.5. The van der Waals surface area contributed by atoms with Crippen LogP contribution < -0.4 is 10.2 Å². The second-order valence-corrected chi connectivity index (χ2v) is 17.9. The summed E-state index contributed by atoms with van der Waals surface area (Å²) in [6.07, 6.45) is 6.58. The van der Waals surface area contributed by atoms with Gasteiger partial charge in [0.2, 0.25) is 0 Å². The topological polar surface area (TPSA) is 50.9 Å². The van der Waals surface area contributed by atoms with Crippen LogP contribution in [0.25, 0.3) is 44.3 Å². The molecule has 0 fully saturated rings. The van der Waals surface area contributed by atoms with E-state index in [1.165, 1.54) is 11.2 Å². The molecule has 4 aromatic heterocycles. The van der Waals surface area contributed by atoms with E-state index >= 15 is 0 Å². The Hall–Kier alpha value is -2.94. The number of rotatable bonds is 7. The van der Waals surface area contributed by atoms with E-state index in [0.717, 1.165) is 99.6 Å². The Morgan fingerprint density at radius 2 is 1.24 bits per heavy atom. The third kappa shape index (κ3) is 8.97. The summed E-state index contributed by atoms with van der Waals surface area (Å²) in [5.41, 5.74) is 13.0. The highest BCUT2D eigenvalue weighted by Crippen LogP contribution is 2.43. The minimum absolute atomic E-state index is 0.438. The molecule has 0 radical (unpaired) electrons. The number of aryl methyl sites for hydroxylation is 2. The monoisotopic (exact) mass is 882 g/mol. The third-order valence-electron chi connectivity index (χ3n) is 10.1. The summed E-state index contributed by atoms with van der Waals surface area (Å²) >= 11 is 28.4. The van der Waals surface area contributed by atoms with E-state index in [1.807, 2.05) is 31.2 Å². The largest absolute Gasteiger partial charge is 0.379 e. The van der Waals surface area contributed by atoms with Crippen LogP contribution >= 0.6 is 62.3 Å². The molecule has 0 amide bonds. The SMILES string of the molecule is CC(C)CBr.CCC1Cn2cc(-c3ccc(Cl)cc3Cl)c3nc(C)cc(c32)N1.CCC1Cn2cc(-c3ccc(Cl)cc3Cl)c3nc(C)cc(c32)N1CC(C)C. The highest BCUT2D eigenvalue weighted by Gasteiger charge is 2.30. The second kappa shape index (κ2) is 17.7. The molecule has 8 rings (SSSR count). The van der Waals surface area contributed by atoms with Crippen molar-refractivity contribution in [3.8, 4) is 22.3 Å². The average molecular weight is 886 g/mol. The van der Waals surface area contributed by atoms with E-state index in [9.17, 15) is 0 Å². The summed E-state index contributed by atoms with van der Waals surface area (Å²) in [6, 6.07) is 16.6. The lowest BCUT2D eigenvalue weighted by molar-refractivity contribution is 0.458. The number of aromatic nitrogens is 4. The lowest BCUT2D eigenvalue weighted by Crippen LogP contribution is -2.43. The predicted octanol–water partition coefficient (Wildman–Crippen LogP) is 14.1. The van der Waals surface area contributed by atoms with E-state index < -0.39 is 0 Å². The average Bonchev–Trinajstić information content (AvgIpc) is 3.68. The first-order chi connectivity index (χ1) is 26.2. The maximum absolute atomic E-state index is 6.53. The van der Waals surface area contributed by atoms with E-state index in [0.29, 0.717) is 38.1 Å². The molecule has 6 heterocycles. The minimum atomic E-state index is 0.438. The smallest absolute Gasteiger partial charge is 0.0984 e. The quantitative estimate of drug-likeness (QED) is 0.162.